The van der Waals surface area contributed by atoms with Gasteiger partial charge in [0.05, 0.1) is 4.91 Å². The molecule has 0 unspecified atom stereocenters. The fraction of sp³-hybridized carbons (Fsp3) is 0.273. The molecule has 3 rings (SSSR count). The number of nitrogens with zero attached hydrogens (tertiary/aromatic N) is 3. The second-order valence-electron chi connectivity index (χ2n) is 6.83. The van der Waals surface area contributed by atoms with E-state index < -0.39 is 0 Å². The Hall–Kier alpha value is -2.89. The van der Waals surface area contributed by atoms with Crippen LogP contribution in [0.2, 0.25) is 0 Å². The monoisotopic (exact) mass is 438 g/mol. The normalized spacial score (nSPS) is 15.0. The van der Waals surface area contributed by atoms with Gasteiger partial charge in [-0.25, -0.2) is 0 Å². The number of likely N-dealkylation sites (N-methyl/N-ethyl adjacent to an activating group) is 1. The van der Waals surface area contributed by atoms with E-state index in [9.17, 15) is 14.9 Å². The molecular formula is C22H22N4O2S2. The number of nitriles is 1. The summed E-state index contributed by atoms with van der Waals surface area (Å²) in [5, 5.41) is 12.9. The first-order valence-corrected chi connectivity index (χ1v) is 10.8. The molecule has 1 saturated heterocycles. The van der Waals surface area contributed by atoms with Gasteiger partial charge in [0.1, 0.15) is 21.8 Å². The number of benzene rings is 1. The molecule has 1 aromatic heterocycles. The zero-order valence-electron chi connectivity index (χ0n) is 17.1. The van der Waals surface area contributed by atoms with Crippen molar-refractivity contribution < 1.29 is 4.79 Å². The van der Waals surface area contributed by atoms with Gasteiger partial charge in [-0.3, -0.25) is 19.1 Å². The lowest BCUT2D eigenvalue weighted by Gasteiger charge is -2.19. The Bertz CT molecular complexity index is 1130. The molecule has 1 aliphatic rings. The predicted molar refractivity (Wildman–Crippen MR) is 125 cm³/mol. The second-order valence-corrected chi connectivity index (χ2v) is 8.50. The van der Waals surface area contributed by atoms with Crippen LogP contribution < -0.4 is 10.9 Å². The van der Waals surface area contributed by atoms with Crippen LogP contribution in [0.15, 0.2) is 40.0 Å². The van der Waals surface area contributed by atoms with Crippen molar-refractivity contribution in [2.24, 2.45) is 0 Å². The topological polar surface area (TPSA) is 78.1 Å². The summed E-state index contributed by atoms with van der Waals surface area (Å²) in [4.78, 5) is 27.3. The lowest BCUT2D eigenvalue weighted by atomic mass is 10.0. The number of thiocarbonyl (C=S) groups is 1. The number of hydrogen-bond donors (Lipinski definition) is 1. The van der Waals surface area contributed by atoms with Crippen molar-refractivity contribution in [3.05, 3.63) is 67.8 Å². The Morgan fingerprint density at radius 1 is 1.27 bits per heavy atom. The van der Waals surface area contributed by atoms with Gasteiger partial charge in [-0.15, -0.1) is 0 Å². The van der Waals surface area contributed by atoms with Gasteiger partial charge in [-0.05, 0) is 37.5 Å². The molecule has 1 aromatic carbocycles. The number of carbonyl (C=O) groups is 1. The van der Waals surface area contributed by atoms with Gasteiger partial charge >= 0.3 is 0 Å². The quantitative estimate of drug-likeness (QED) is 0.549. The molecule has 0 bridgehead atoms. The molecule has 1 N–H and O–H groups in total. The average Bonchev–Trinajstić information content (AvgIpc) is 2.98. The van der Waals surface area contributed by atoms with Crippen LogP contribution in [0.5, 0.6) is 0 Å². The summed E-state index contributed by atoms with van der Waals surface area (Å²) in [5.41, 5.74) is 2.14. The highest BCUT2D eigenvalue weighted by atomic mass is 32.2. The van der Waals surface area contributed by atoms with Gasteiger partial charge in [-0.2, -0.15) is 5.26 Å². The summed E-state index contributed by atoms with van der Waals surface area (Å²) < 4.78 is 2.03. The number of pyridine rings is 1. The van der Waals surface area contributed by atoms with Gasteiger partial charge in [0.15, 0.2) is 0 Å². The molecule has 6 nitrogen and oxygen atoms in total. The van der Waals surface area contributed by atoms with E-state index in [0.717, 1.165) is 6.42 Å². The minimum atomic E-state index is -0.333. The number of thioether (sulfide) groups is 1. The zero-order chi connectivity index (χ0) is 21.8. The molecule has 0 saturated carbocycles. The van der Waals surface area contributed by atoms with Crippen molar-refractivity contribution >= 4 is 46.1 Å². The second kappa shape index (κ2) is 9.28. The summed E-state index contributed by atoms with van der Waals surface area (Å²) >= 11 is 6.44. The first-order valence-electron chi connectivity index (χ1n) is 9.55. The van der Waals surface area contributed by atoms with Crippen molar-refractivity contribution in [2.45, 2.75) is 26.8 Å². The van der Waals surface area contributed by atoms with Gasteiger partial charge in [0.25, 0.3) is 11.5 Å². The Labute approximate surface area is 185 Å². The number of carbonyl (C=O) groups excluding carboxylic acids is 1. The van der Waals surface area contributed by atoms with E-state index in [1.54, 1.807) is 24.6 Å². The highest BCUT2D eigenvalue weighted by Crippen LogP contribution is 2.34. The van der Waals surface area contributed by atoms with Crippen LogP contribution in [0, 0.1) is 18.3 Å². The van der Waals surface area contributed by atoms with E-state index in [-0.39, 0.29) is 17.0 Å². The molecule has 2 heterocycles. The number of amides is 1. The van der Waals surface area contributed by atoms with Crippen LogP contribution >= 0.6 is 24.0 Å². The van der Waals surface area contributed by atoms with Gasteiger partial charge in [-0.1, -0.05) is 54.3 Å². The number of rotatable bonds is 6. The van der Waals surface area contributed by atoms with Crippen LogP contribution in [0.4, 0.5) is 5.82 Å². The molecular weight excluding hydrogens is 416 g/mol. The lowest BCUT2D eigenvalue weighted by Crippen LogP contribution is -2.28. The molecule has 2 aromatic rings. The number of nitrogens with one attached hydrogen (secondary N) is 1. The van der Waals surface area contributed by atoms with E-state index in [0.29, 0.717) is 39.3 Å². The van der Waals surface area contributed by atoms with E-state index in [2.05, 4.69) is 5.32 Å². The Morgan fingerprint density at radius 2 is 1.97 bits per heavy atom. The SMILES string of the molecule is CCn1c(NCCc2ccccc2)c(/C=C2/SC(=S)N(C)C2=O)c(C)c(C#N)c1=O. The predicted octanol–water partition coefficient (Wildman–Crippen LogP) is 3.53. The molecule has 1 aliphatic heterocycles. The van der Waals surface area contributed by atoms with Gasteiger partial charge in [0, 0.05) is 25.7 Å². The molecule has 8 heteroatoms. The first kappa shape index (κ1) is 21.8. The van der Waals surface area contributed by atoms with Crippen molar-refractivity contribution in [3.8, 4) is 6.07 Å². The maximum absolute atomic E-state index is 12.8. The van der Waals surface area contributed by atoms with E-state index >= 15 is 0 Å². The maximum Gasteiger partial charge on any atom is 0.270 e. The fourth-order valence-corrected chi connectivity index (χ4v) is 4.46. The highest BCUT2D eigenvalue weighted by molar-refractivity contribution is 8.26. The van der Waals surface area contributed by atoms with Crippen LogP contribution in [0.3, 0.4) is 0 Å². The lowest BCUT2D eigenvalue weighted by molar-refractivity contribution is -0.121. The van der Waals surface area contributed by atoms with Crippen LogP contribution in [-0.4, -0.2) is 33.3 Å². The Morgan fingerprint density at radius 3 is 2.53 bits per heavy atom. The number of anilines is 1. The summed E-state index contributed by atoms with van der Waals surface area (Å²) in [6, 6.07) is 12.1. The van der Waals surface area contributed by atoms with E-state index in [4.69, 9.17) is 12.2 Å². The van der Waals surface area contributed by atoms with Crippen LogP contribution in [0.25, 0.3) is 6.08 Å². The molecule has 0 radical (unpaired) electrons. The molecule has 0 atom stereocenters. The van der Waals surface area contributed by atoms with Gasteiger partial charge < -0.3 is 5.32 Å². The number of hydrogen-bond acceptors (Lipinski definition) is 6. The smallest absolute Gasteiger partial charge is 0.270 e. The van der Waals surface area contributed by atoms with Crippen molar-refractivity contribution in [1.29, 1.82) is 5.26 Å². The molecule has 0 aliphatic carbocycles. The highest BCUT2D eigenvalue weighted by Gasteiger charge is 2.30. The summed E-state index contributed by atoms with van der Waals surface area (Å²) in [6.07, 6.45) is 2.50. The van der Waals surface area contributed by atoms with Gasteiger partial charge in [0.2, 0.25) is 0 Å². The third-order valence-corrected chi connectivity index (χ3v) is 6.49. The zero-order valence-corrected chi connectivity index (χ0v) is 18.7. The third kappa shape index (κ3) is 4.18. The van der Waals surface area contributed by atoms with Crippen LogP contribution in [0.1, 0.15) is 29.2 Å². The fourth-order valence-electron chi connectivity index (χ4n) is 3.30. The summed E-state index contributed by atoms with van der Waals surface area (Å²) in [5.74, 6) is 0.420. The summed E-state index contributed by atoms with van der Waals surface area (Å²) in [7, 11) is 1.64. The molecule has 154 valence electrons. The molecule has 30 heavy (non-hydrogen) atoms. The third-order valence-electron chi connectivity index (χ3n) is 5.00. The van der Waals surface area contributed by atoms with E-state index in [1.165, 1.54) is 22.2 Å². The Balaban J connectivity index is 2.07. The van der Waals surface area contributed by atoms with Crippen molar-refractivity contribution in [1.82, 2.24) is 9.47 Å². The first-order chi connectivity index (χ1) is 14.4. The van der Waals surface area contributed by atoms with Crippen LogP contribution in [-0.2, 0) is 17.8 Å². The Kier molecular flexibility index (Phi) is 6.75. The summed E-state index contributed by atoms with van der Waals surface area (Å²) in [6.45, 7) is 4.60. The minimum Gasteiger partial charge on any atom is -0.371 e. The maximum atomic E-state index is 12.8. The number of aromatic nitrogens is 1. The van der Waals surface area contributed by atoms with Crippen molar-refractivity contribution in [3.63, 3.8) is 0 Å². The van der Waals surface area contributed by atoms with E-state index in [1.807, 2.05) is 43.3 Å². The van der Waals surface area contributed by atoms with Crippen molar-refractivity contribution in [2.75, 3.05) is 18.9 Å². The molecule has 0 spiro atoms. The molecule has 1 fully saturated rings. The largest absolute Gasteiger partial charge is 0.371 e. The molecule has 1 amide bonds. The average molecular weight is 439 g/mol. The standard InChI is InChI=1S/C22H22N4O2S2/c1-4-26-19(24-11-10-15-8-6-5-7-9-15)16(14(2)17(13-23)20(26)27)12-18-21(28)25(3)22(29)30-18/h5-9,12,24H,4,10-11H2,1-3H3/b18-12+. The minimum absolute atomic E-state index is 0.0867.